The van der Waals surface area contributed by atoms with Crippen LogP contribution in [0.3, 0.4) is 0 Å². The van der Waals surface area contributed by atoms with Crippen LogP contribution in [0, 0.1) is 0 Å². The maximum absolute atomic E-state index is 11.8. The first-order chi connectivity index (χ1) is 9.63. The van der Waals surface area contributed by atoms with Gasteiger partial charge in [0.25, 0.3) is 0 Å². The molecule has 0 unspecified atom stereocenters. The summed E-state index contributed by atoms with van der Waals surface area (Å²) in [7, 11) is 1.74. The Kier molecular flexibility index (Phi) is 10.2. The Bertz CT molecular complexity index is 464. The summed E-state index contributed by atoms with van der Waals surface area (Å²) < 4.78 is 0. The molecule has 0 bridgehead atoms. The standard InChI is InChI=1S/C14H21N5O.HI/c1-3-8-17-14(15)18-11-13(20)19(2)10-7-12-6-4-5-9-16-12;/h3-6,9H,1,7-8,10-11H2,2H3,(H3,15,17,18);1H. The molecule has 116 valence electrons. The quantitative estimate of drug-likeness (QED) is 0.305. The summed E-state index contributed by atoms with van der Waals surface area (Å²) in [6.45, 7) is 4.72. The normalized spacial score (nSPS) is 10.4. The van der Waals surface area contributed by atoms with Gasteiger partial charge >= 0.3 is 0 Å². The number of nitrogens with one attached hydrogen (secondary N) is 1. The molecule has 1 amide bonds. The van der Waals surface area contributed by atoms with Crippen LogP contribution in [0.15, 0.2) is 42.0 Å². The molecule has 1 aromatic heterocycles. The zero-order valence-electron chi connectivity index (χ0n) is 12.2. The summed E-state index contributed by atoms with van der Waals surface area (Å²) in [5, 5.41) is 2.81. The van der Waals surface area contributed by atoms with Crippen molar-refractivity contribution in [2.45, 2.75) is 6.42 Å². The molecule has 0 spiro atoms. The molecule has 6 nitrogen and oxygen atoms in total. The van der Waals surface area contributed by atoms with E-state index in [2.05, 4.69) is 21.9 Å². The lowest BCUT2D eigenvalue weighted by molar-refractivity contribution is -0.128. The van der Waals surface area contributed by atoms with Crippen molar-refractivity contribution in [2.24, 2.45) is 10.7 Å². The van der Waals surface area contributed by atoms with Crippen LogP contribution in [-0.4, -0.2) is 48.4 Å². The number of pyridine rings is 1. The van der Waals surface area contributed by atoms with Gasteiger partial charge in [-0.2, -0.15) is 0 Å². The summed E-state index contributed by atoms with van der Waals surface area (Å²) in [5.74, 6) is 0.167. The van der Waals surface area contributed by atoms with Crippen LogP contribution in [0.1, 0.15) is 5.69 Å². The average molecular weight is 403 g/mol. The maximum atomic E-state index is 11.8. The Morgan fingerprint density at radius 2 is 2.33 bits per heavy atom. The number of rotatable bonds is 7. The zero-order chi connectivity index (χ0) is 14.8. The molecule has 0 aromatic carbocycles. The Labute approximate surface area is 142 Å². The fourth-order valence-corrected chi connectivity index (χ4v) is 1.46. The molecule has 1 aromatic rings. The second-order valence-corrected chi connectivity index (χ2v) is 4.26. The molecular weight excluding hydrogens is 381 g/mol. The van der Waals surface area contributed by atoms with Crippen LogP contribution in [0.2, 0.25) is 0 Å². The van der Waals surface area contributed by atoms with E-state index in [0.29, 0.717) is 13.1 Å². The van der Waals surface area contributed by atoms with Crippen LogP contribution < -0.4 is 11.1 Å². The number of guanidine groups is 1. The van der Waals surface area contributed by atoms with E-state index in [1.54, 1.807) is 24.2 Å². The molecular formula is C14H22IN5O. The highest BCUT2D eigenvalue weighted by molar-refractivity contribution is 14.0. The Morgan fingerprint density at radius 1 is 1.57 bits per heavy atom. The summed E-state index contributed by atoms with van der Waals surface area (Å²) in [4.78, 5) is 21.6. The SMILES string of the molecule is C=CCNC(N)=NCC(=O)N(C)CCc1ccccn1.I. The van der Waals surface area contributed by atoms with Crippen molar-refractivity contribution >= 4 is 35.8 Å². The lowest BCUT2D eigenvalue weighted by Crippen LogP contribution is -2.35. The Morgan fingerprint density at radius 3 is 2.95 bits per heavy atom. The number of halogens is 1. The molecule has 21 heavy (non-hydrogen) atoms. The topological polar surface area (TPSA) is 83.6 Å². The minimum atomic E-state index is -0.0794. The number of hydrogen-bond acceptors (Lipinski definition) is 3. The molecule has 7 heteroatoms. The van der Waals surface area contributed by atoms with Crippen molar-refractivity contribution in [3.8, 4) is 0 Å². The van der Waals surface area contributed by atoms with E-state index < -0.39 is 0 Å². The van der Waals surface area contributed by atoms with Crippen molar-refractivity contribution in [1.82, 2.24) is 15.2 Å². The van der Waals surface area contributed by atoms with E-state index >= 15 is 0 Å². The minimum absolute atomic E-state index is 0. The fraction of sp³-hybridized carbons (Fsp3) is 0.357. The van der Waals surface area contributed by atoms with Crippen molar-refractivity contribution in [3.63, 3.8) is 0 Å². The van der Waals surface area contributed by atoms with Crippen molar-refractivity contribution in [3.05, 3.63) is 42.7 Å². The molecule has 1 rings (SSSR count). The molecule has 0 saturated carbocycles. The fourth-order valence-electron chi connectivity index (χ4n) is 1.46. The number of carbonyl (C=O) groups is 1. The van der Waals surface area contributed by atoms with E-state index in [4.69, 9.17) is 5.73 Å². The van der Waals surface area contributed by atoms with Gasteiger partial charge in [-0.3, -0.25) is 9.78 Å². The molecule has 0 saturated heterocycles. The van der Waals surface area contributed by atoms with Gasteiger partial charge in [0.1, 0.15) is 6.54 Å². The van der Waals surface area contributed by atoms with E-state index in [1.165, 1.54) is 0 Å². The van der Waals surface area contributed by atoms with Gasteiger partial charge in [0, 0.05) is 38.4 Å². The molecule has 0 fully saturated rings. The van der Waals surface area contributed by atoms with Gasteiger partial charge in [-0.15, -0.1) is 30.6 Å². The van der Waals surface area contributed by atoms with Gasteiger partial charge in [0.05, 0.1) is 0 Å². The number of nitrogens with two attached hydrogens (primary N) is 1. The third kappa shape index (κ3) is 8.28. The zero-order valence-corrected chi connectivity index (χ0v) is 14.5. The number of likely N-dealkylation sites (N-methyl/N-ethyl adjacent to an activating group) is 1. The molecule has 3 N–H and O–H groups in total. The summed E-state index contributed by atoms with van der Waals surface area (Å²) >= 11 is 0. The monoisotopic (exact) mass is 403 g/mol. The second kappa shape index (κ2) is 11.1. The Hall–Kier alpha value is -1.64. The number of aliphatic imine (C=N–C) groups is 1. The maximum Gasteiger partial charge on any atom is 0.244 e. The first-order valence-electron chi connectivity index (χ1n) is 6.42. The van der Waals surface area contributed by atoms with E-state index in [0.717, 1.165) is 12.1 Å². The largest absolute Gasteiger partial charge is 0.370 e. The highest BCUT2D eigenvalue weighted by Crippen LogP contribution is 1.97. The number of carbonyl (C=O) groups excluding carboxylic acids is 1. The number of hydrogen-bond donors (Lipinski definition) is 2. The van der Waals surface area contributed by atoms with Gasteiger partial charge in [0.2, 0.25) is 5.91 Å². The lowest BCUT2D eigenvalue weighted by Gasteiger charge is -2.15. The molecule has 0 aliphatic heterocycles. The van der Waals surface area contributed by atoms with E-state index in [1.807, 2.05) is 18.2 Å². The van der Waals surface area contributed by atoms with Crippen molar-refractivity contribution in [2.75, 3.05) is 26.7 Å². The van der Waals surface area contributed by atoms with Crippen LogP contribution in [0.25, 0.3) is 0 Å². The third-order valence-electron chi connectivity index (χ3n) is 2.67. The summed E-state index contributed by atoms with van der Waals surface area (Å²) in [6.07, 6.45) is 4.13. The minimum Gasteiger partial charge on any atom is -0.370 e. The predicted octanol–water partition coefficient (Wildman–Crippen LogP) is 0.791. The first-order valence-corrected chi connectivity index (χ1v) is 6.42. The smallest absolute Gasteiger partial charge is 0.244 e. The molecule has 0 atom stereocenters. The molecule has 1 heterocycles. The molecule has 0 aliphatic carbocycles. The van der Waals surface area contributed by atoms with Crippen LogP contribution in [0.5, 0.6) is 0 Å². The third-order valence-corrected chi connectivity index (χ3v) is 2.67. The Balaban J connectivity index is 0.00000400. The van der Waals surface area contributed by atoms with Crippen LogP contribution >= 0.6 is 24.0 Å². The van der Waals surface area contributed by atoms with E-state index in [-0.39, 0.29) is 42.4 Å². The summed E-state index contributed by atoms with van der Waals surface area (Å²) in [5.41, 5.74) is 6.54. The highest BCUT2D eigenvalue weighted by atomic mass is 127. The van der Waals surface area contributed by atoms with Gasteiger partial charge in [-0.05, 0) is 12.1 Å². The van der Waals surface area contributed by atoms with E-state index in [9.17, 15) is 4.79 Å². The van der Waals surface area contributed by atoms with Crippen LogP contribution in [-0.2, 0) is 11.2 Å². The second-order valence-electron chi connectivity index (χ2n) is 4.26. The van der Waals surface area contributed by atoms with Crippen molar-refractivity contribution < 1.29 is 4.79 Å². The van der Waals surface area contributed by atoms with Gasteiger partial charge in [0.15, 0.2) is 5.96 Å². The lowest BCUT2D eigenvalue weighted by atomic mass is 10.2. The highest BCUT2D eigenvalue weighted by Gasteiger charge is 2.08. The van der Waals surface area contributed by atoms with Crippen LogP contribution in [0.4, 0.5) is 0 Å². The number of amides is 1. The molecule has 0 radical (unpaired) electrons. The number of nitrogens with zero attached hydrogens (tertiary/aromatic N) is 3. The molecule has 0 aliphatic rings. The van der Waals surface area contributed by atoms with Gasteiger partial charge < -0.3 is 16.0 Å². The summed E-state index contributed by atoms with van der Waals surface area (Å²) in [6, 6.07) is 5.74. The average Bonchev–Trinajstić information content (AvgIpc) is 2.49. The first kappa shape index (κ1) is 19.4. The van der Waals surface area contributed by atoms with Gasteiger partial charge in [-0.25, -0.2) is 4.99 Å². The number of aromatic nitrogens is 1. The van der Waals surface area contributed by atoms with Crippen molar-refractivity contribution in [1.29, 1.82) is 0 Å². The predicted molar refractivity (Wildman–Crippen MR) is 95.7 cm³/mol. The van der Waals surface area contributed by atoms with Gasteiger partial charge in [-0.1, -0.05) is 12.1 Å².